The Bertz CT molecular complexity index is 483. The number of hydrogen-bond donors (Lipinski definition) is 0. The molecule has 1 heterocycles. The fourth-order valence-corrected chi connectivity index (χ4v) is 1.22. The molecule has 0 N–H and O–H groups in total. The van der Waals surface area contributed by atoms with Crippen molar-refractivity contribution in [2.45, 2.75) is 0 Å². The van der Waals surface area contributed by atoms with Gasteiger partial charge in [-0.2, -0.15) is 0 Å². The van der Waals surface area contributed by atoms with Gasteiger partial charge in [-0.1, -0.05) is 12.1 Å². The summed E-state index contributed by atoms with van der Waals surface area (Å²) in [6.07, 6.45) is 0.637. The highest BCUT2D eigenvalue weighted by molar-refractivity contribution is 5.82. The van der Waals surface area contributed by atoms with Crippen molar-refractivity contribution in [3.05, 3.63) is 30.0 Å². The second-order valence-corrected chi connectivity index (χ2v) is 2.72. The molecule has 70 valence electrons. The van der Waals surface area contributed by atoms with Crippen LogP contribution in [0.5, 0.6) is 5.88 Å². The maximum absolute atomic E-state index is 10.6. The smallest absolute Gasteiger partial charge is 0.243 e. The molecule has 1 aromatic heterocycles. The fourth-order valence-electron chi connectivity index (χ4n) is 1.22. The molecule has 1 aromatic carbocycles. The molecular weight excluding hydrogens is 180 g/mol. The summed E-state index contributed by atoms with van der Waals surface area (Å²) >= 11 is 0. The minimum atomic E-state index is 0.228. The predicted octanol–water partition coefficient (Wildman–Crippen LogP) is 1.45. The Labute approximate surface area is 80.6 Å². The number of carbonyl (C=O) groups excluding carboxylic acids is 1. The van der Waals surface area contributed by atoms with E-state index in [0.717, 1.165) is 5.52 Å². The second kappa shape index (κ2) is 3.41. The standard InChI is InChI=1S/C10H8N2O2/c1-14-10-9(6-13)11-7-4-2-3-5-8(7)12-10/h2-6H,1H3. The van der Waals surface area contributed by atoms with Gasteiger partial charge in [0.2, 0.25) is 5.88 Å². The van der Waals surface area contributed by atoms with E-state index >= 15 is 0 Å². The Morgan fingerprint density at radius 3 is 2.43 bits per heavy atom. The maximum atomic E-state index is 10.6. The van der Waals surface area contributed by atoms with Crippen LogP contribution in [0, 0.1) is 0 Å². The summed E-state index contributed by atoms with van der Waals surface area (Å²) in [5, 5.41) is 0. The minimum Gasteiger partial charge on any atom is -0.479 e. The molecule has 0 radical (unpaired) electrons. The third-order valence-corrected chi connectivity index (χ3v) is 1.87. The first-order valence-electron chi connectivity index (χ1n) is 4.11. The zero-order valence-electron chi connectivity index (χ0n) is 7.60. The van der Waals surface area contributed by atoms with Crippen LogP contribution in [0.4, 0.5) is 0 Å². The van der Waals surface area contributed by atoms with Crippen LogP contribution in [0.2, 0.25) is 0 Å². The Morgan fingerprint density at radius 2 is 1.86 bits per heavy atom. The average molecular weight is 188 g/mol. The topological polar surface area (TPSA) is 52.1 Å². The largest absolute Gasteiger partial charge is 0.479 e. The number of aldehydes is 1. The van der Waals surface area contributed by atoms with Gasteiger partial charge >= 0.3 is 0 Å². The Balaban J connectivity index is 2.75. The van der Waals surface area contributed by atoms with Gasteiger partial charge in [0, 0.05) is 0 Å². The highest BCUT2D eigenvalue weighted by atomic mass is 16.5. The average Bonchev–Trinajstić information content (AvgIpc) is 2.27. The first kappa shape index (κ1) is 8.62. The molecule has 0 aliphatic carbocycles. The summed E-state index contributed by atoms with van der Waals surface area (Å²) in [6.45, 7) is 0. The molecule has 0 saturated heterocycles. The van der Waals surface area contributed by atoms with Gasteiger partial charge in [0.05, 0.1) is 18.1 Å². The van der Waals surface area contributed by atoms with Crippen LogP contribution in [-0.2, 0) is 0 Å². The second-order valence-electron chi connectivity index (χ2n) is 2.72. The number of aromatic nitrogens is 2. The summed E-state index contributed by atoms with van der Waals surface area (Å²) in [7, 11) is 1.46. The summed E-state index contributed by atoms with van der Waals surface area (Å²) in [4.78, 5) is 18.9. The predicted molar refractivity (Wildman–Crippen MR) is 51.5 cm³/mol. The van der Waals surface area contributed by atoms with Crippen LogP contribution >= 0.6 is 0 Å². The lowest BCUT2D eigenvalue weighted by atomic mass is 10.3. The molecule has 0 aliphatic heterocycles. The number of methoxy groups -OCH3 is 1. The Hall–Kier alpha value is -1.97. The highest BCUT2D eigenvalue weighted by Gasteiger charge is 2.06. The van der Waals surface area contributed by atoms with Gasteiger partial charge in [-0.25, -0.2) is 9.97 Å². The molecule has 4 nitrogen and oxygen atoms in total. The van der Waals surface area contributed by atoms with Crippen molar-refractivity contribution in [2.75, 3.05) is 7.11 Å². The van der Waals surface area contributed by atoms with E-state index in [1.165, 1.54) is 7.11 Å². The van der Waals surface area contributed by atoms with E-state index in [9.17, 15) is 4.79 Å². The molecule has 0 amide bonds. The number of benzene rings is 1. The van der Waals surface area contributed by atoms with Gasteiger partial charge in [0.25, 0.3) is 0 Å². The molecule has 0 spiro atoms. The number of nitrogens with zero attached hydrogens (tertiary/aromatic N) is 2. The summed E-state index contributed by atoms with van der Waals surface area (Å²) in [5.41, 5.74) is 1.64. The lowest BCUT2D eigenvalue weighted by Gasteiger charge is -2.02. The van der Waals surface area contributed by atoms with Crippen LogP contribution in [0.25, 0.3) is 11.0 Å². The van der Waals surface area contributed by atoms with Gasteiger partial charge in [-0.3, -0.25) is 4.79 Å². The molecule has 0 fully saturated rings. The normalized spacial score (nSPS) is 10.1. The van der Waals surface area contributed by atoms with Gasteiger partial charge in [-0.15, -0.1) is 0 Å². The first-order valence-corrected chi connectivity index (χ1v) is 4.11. The summed E-state index contributed by atoms with van der Waals surface area (Å²) < 4.78 is 4.94. The monoisotopic (exact) mass is 188 g/mol. The third kappa shape index (κ3) is 1.31. The molecule has 0 saturated carbocycles. The van der Waals surface area contributed by atoms with Gasteiger partial charge < -0.3 is 4.74 Å². The van der Waals surface area contributed by atoms with Crippen LogP contribution in [0.3, 0.4) is 0 Å². The van der Waals surface area contributed by atoms with Crippen LogP contribution in [0.1, 0.15) is 10.5 Å². The Kier molecular flexibility index (Phi) is 2.10. The number of ether oxygens (including phenoxy) is 1. The molecule has 14 heavy (non-hydrogen) atoms. The van der Waals surface area contributed by atoms with E-state index in [1.54, 1.807) is 6.07 Å². The van der Waals surface area contributed by atoms with Gasteiger partial charge in [0.15, 0.2) is 12.0 Å². The zero-order chi connectivity index (χ0) is 9.97. The molecule has 0 aliphatic rings. The van der Waals surface area contributed by atoms with E-state index in [4.69, 9.17) is 4.74 Å². The molecule has 0 atom stereocenters. The summed E-state index contributed by atoms with van der Waals surface area (Å²) in [6, 6.07) is 7.32. The molecule has 2 rings (SSSR count). The first-order chi connectivity index (χ1) is 6.85. The lowest BCUT2D eigenvalue weighted by molar-refractivity contribution is 0.111. The number of carbonyl (C=O) groups is 1. The minimum absolute atomic E-state index is 0.228. The van der Waals surface area contributed by atoms with E-state index < -0.39 is 0 Å². The van der Waals surface area contributed by atoms with Crippen molar-refractivity contribution in [1.82, 2.24) is 9.97 Å². The lowest BCUT2D eigenvalue weighted by Crippen LogP contribution is -1.98. The molecule has 0 bridgehead atoms. The third-order valence-electron chi connectivity index (χ3n) is 1.87. The number of para-hydroxylation sites is 2. The fraction of sp³-hybridized carbons (Fsp3) is 0.100. The van der Waals surface area contributed by atoms with E-state index in [2.05, 4.69) is 9.97 Å². The van der Waals surface area contributed by atoms with Crippen molar-refractivity contribution in [3.8, 4) is 5.88 Å². The van der Waals surface area contributed by atoms with Crippen LogP contribution < -0.4 is 4.74 Å². The highest BCUT2D eigenvalue weighted by Crippen LogP contribution is 2.16. The van der Waals surface area contributed by atoms with Gasteiger partial charge in [0.1, 0.15) is 0 Å². The van der Waals surface area contributed by atoms with Crippen molar-refractivity contribution >= 4 is 17.3 Å². The molecule has 4 heteroatoms. The zero-order valence-corrected chi connectivity index (χ0v) is 7.60. The molecule has 0 unspecified atom stereocenters. The van der Waals surface area contributed by atoms with Crippen LogP contribution in [-0.4, -0.2) is 23.4 Å². The van der Waals surface area contributed by atoms with E-state index in [1.807, 2.05) is 18.2 Å². The molecular formula is C10H8N2O2. The SMILES string of the molecule is COc1nc2ccccc2nc1C=O. The van der Waals surface area contributed by atoms with E-state index in [0.29, 0.717) is 11.8 Å². The number of hydrogen-bond acceptors (Lipinski definition) is 4. The van der Waals surface area contributed by atoms with Crippen molar-refractivity contribution in [3.63, 3.8) is 0 Å². The number of rotatable bonds is 2. The maximum Gasteiger partial charge on any atom is 0.243 e. The van der Waals surface area contributed by atoms with Crippen LogP contribution in [0.15, 0.2) is 24.3 Å². The Morgan fingerprint density at radius 1 is 1.21 bits per heavy atom. The van der Waals surface area contributed by atoms with Crippen molar-refractivity contribution in [1.29, 1.82) is 0 Å². The number of fused-ring (bicyclic) bond motifs is 1. The molecule has 2 aromatic rings. The summed E-state index contributed by atoms with van der Waals surface area (Å²) in [5.74, 6) is 0.263. The van der Waals surface area contributed by atoms with Crippen molar-refractivity contribution in [2.24, 2.45) is 0 Å². The van der Waals surface area contributed by atoms with E-state index in [-0.39, 0.29) is 11.6 Å². The van der Waals surface area contributed by atoms with Crippen molar-refractivity contribution < 1.29 is 9.53 Å². The quantitative estimate of drug-likeness (QED) is 0.669. The van der Waals surface area contributed by atoms with Gasteiger partial charge in [-0.05, 0) is 12.1 Å².